The van der Waals surface area contributed by atoms with Crippen LogP contribution in [0, 0.1) is 5.92 Å². The van der Waals surface area contributed by atoms with Crippen molar-refractivity contribution in [2.24, 2.45) is 11.7 Å². The first-order valence-corrected chi connectivity index (χ1v) is 6.58. The molecule has 1 unspecified atom stereocenters. The highest BCUT2D eigenvalue weighted by Gasteiger charge is 2.16. The van der Waals surface area contributed by atoms with Crippen molar-refractivity contribution in [1.29, 1.82) is 0 Å². The lowest BCUT2D eigenvalue weighted by atomic mass is 9.91. The lowest BCUT2D eigenvalue weighted by molar-refractivity contribution is 0.0616. The van der Waals surface area contributed by atoms with Crippen molar-refractivity contribution in [1.82, 2.24) is 4.98 Å². The Morgan fingerprint density at radius 1 is 1.35 bits per heavy atom. The third-order valence-corrected chi connectivity index (χ3v) is 3.47. The van der Waals surface area contributed by atoms with E-state index in [9.17, 15) is 0 Å². The number of aromatic nitrogens is 1. The number of rotatable bonds is 5. The van der Waals surface area contributed by atoms with E-state index in [2.05, 4.69) is 11.1 Å². The van der Waals surface area contributed by atoms with Crippen molar-refractivity contribution in [3.05, 3.63) is 30.1 Å². The molecule has 17 heavy (non-hydrogen) atoms. The second kappa shape index (κ2) is 6.72. The van der Waals surface area contributed by atoms with Gasteiger partial charge in [0.1, 0.15) is 0 Å². The zero-order valence-electron chi connectivity index (χ0n) is 10.3. The van der Waals surface area contributed by atoms with Crippen LogP contribution in [0.2, 0.25) is 0 Å². The molecular formula is C14H22N2O. The number of nitrogens with two attached hydrogens (primary N) is 1. The van der Waals surface area contributed by atoms with E-state index in [0.29, 0.717) is 6.04 Å². The van der Waals surface area contributed by atoms with Crippen LogP contribution >= 0.6 is 0 Å². The third kappa shape index (κ3) is 4.44. The van der Waals surface area contributed by atoms with Gasteiger partial charge in [0, 0.05) is 31.1 Å². The van der Waals surface area contributed by atoms with E-state index in [1.165, 1.54) is 12.8 Å². The minimum atomic E-state index is 0.306. The molecule has 2 N–H and O–H groups in total. The van der Waals surface area contributed by atoms with E-state index in [4.69, 9.17) is 10.5 Å². The summed E-state index contributed by atoms with van der Waals surface area (Å²) >= 11 is 0. The summed E-state index contributed by atoms with van der Waals surface area (Å²) in [4.78, 5) is 4.32. The summed E-state index contributed by atoms with van der Waals surface area (Å²) < 4.78 is 5.36. The molecule has 1 saturated heterocycles. The smallest absolute Gasteiger partial charge is 0.0468 e. The van der Waals surface area contributed by atoms with Gasteiger partial charge in [0.2, 0.25) is 0 Å². The number of pyridine rings is 1. The van der Waals surface area contributed by atoms with Gasteiger partial charge in [0.05, 0.1) is 0 Å². The quantitative estimate of drug-likeness (QED) is 0.849. The van der Waals surface area contributed by atoms with Gasteiger partial charge in [0.25, 0.3) is 0 Å². The zero-order valence-corrected chi connectivity index (χ0v) is 10.3. The van der Waals surface area contributed by atoms with Crippen LogP contribution in [0.25, 0.3) is 0 Å². The Labute approximate surface area is 103 Å². The molecule has 0 aliphatic carbocycles. The van der Waals surface area contributed by atoms with Gasteiger partial charge in [0.15, 0.2) is 0 Å². The number of ether oxygens (including phenoxy) is 1. The van der Waals surface area contributed by atoms with Crippen molar-refractivity contribution >= 4 is 0 Å². The highest BCUT2D eigenvalue weighted by Crippen LogP contribution is 2.20. The van der Waals surface area contributed by atoms with Crippen LogP contribution in [0.3, 0.4) is 0 Å². The minimum absolute atomic E-state index is 0.306. The summed E-state index contributed by atoms with van der Waals surface area (Å²) in [6.45, 7) is 1.83. The fraction of sp³-hybridized carbons (Fsp3) is 0.643. The summed E-state index contributed by atoms with van der Waals surface area (Å²) in [5.41, 5.74) is 7.33. The Kier molecular flexibility index (Phi) is 4.95. The van der Waals surface area contributed by atoms with E-state index < -0.39 is 0 Å². The van der Waals surface area contributed by atoms with Crippen LogP contribution in [0.4, 0.5) is 0 Å². The highest BCUT2D eigenvalue weighted by molar-refractivity contribution is 5.03. The molecule has 1 fully saturated rings. The predicted octanol–water partition coefficient (Wildman–Crippen LogP) is 2.16. The normalized spacial score (nSPS) is 19.1. The van der Waals surface area contributed by atoms with E-state index in [1.807, 2.05) is 18.3 Å². The van der Waals surface area contributed by atoms with Crippen LogP contribution < -0.4 is 5.73 Å². The fourth-order valence-electron chi connectivity index (χ4n) is 2.41. The molecule has 0 radical (unpaired) electrons. The molecular weight excluding hydrogens is 212 g/mol. The molecule has 0 aromatic carbocycles. The maximum Gasteiger partial charge on any atom is 0.0468 e. The van der Waals surface area contributed by atoms with E-state index in [1.54, 1.807) is 0 Å². The minimum Gasteiger partial charge on any atom is -0.381 e. The zero-order chi connectivity index (χ0) is 11.9. The number of hydrogen-bond donors (Lipinski definition) is 1. The Morgan fingerprint density at radius 3 is 2.88 bits per heavy atom. The molecule has 1 atom stereocenters. The standard InChI is InChI=1S/C14H22N2O/c15-13(11-12-6-9-17-10-7-12)4-5-14-3-1-2-8-16-14/h1-3,8,12-13H,4-7,9-11,15H2. The molecule has 0 bridgehead atoms. The molecule has 1 aliphatic rings. The van der Waals surface area contributed by atoms with E-state index >= 15 is 0 Å². The maximum atomic E-state index is 6.18. The maximum absolute atomic E-state index is 6.18. The molecule has 0 amide bonds. The Hall–Kier alpha value is -0.930. The summed E-state index contributed by atoms with van der Waals surface area (Å²) in [5, 5.41) is 0. The topological polar surface area (TPSA) is 48.1 Å². The van der Waals surface area contributed by atoms with Crippen molar-refractivity contribution in [2.75, 3.05) is 13.2 Å². The molecule has 1 aromatic heterocycles. The summed E-state index contributed by atoms with van der Waals surface area (Å²) in [6, 6.07) is 6.36. The first-order valence-electron chi connectivity index (χ1n) is 6.58. The molecule has 1 aromatic rings. The van der Waals surface area contributed by atoms with Crippen molar-refractivity contribution in [2.45, 2.75) is 38.1 Å². The van der Waals surface area contributed by atoms with Gasteiger partial charge in [-0.05, 0) is 50.2 Å². The fourth-order valence-corrected chi connectivity index (χ4v) is 2.41. The highest BCUT2D eigenvalue weighted by atomic mass is 16.5. The van der Waals surface area contributed by atoms with Gasteiger partial charge in [-0.15, -0.1) is 0 Å². The van der Waals surface area contributed by atoms with Crippen LogP contribution in [0.1, 0.15) is 31.4 Å². The molecule has 2 heterocycles. The van der Waals surface area contributed by atoms with E-state index in [-0.39, 0.29) is 0 Å². The average molecular weight is 234 g/mol. The van der Waals surface area contributed by atoms with Crippen LogP contribution in [0.5, 0.6) is 0 Å². The largest absolute Gasteiger partial charge is 0.381 e. The second-order valence-electron chi connectivity index (χ2n) is 4.91. The first kappa shape index (κ1) is 12.5. The van der Waals surface area contributed by atoms with Gasteiger partial charge in [-0.25, -0.2) is 0 Å². The Morgan fingerprint density at radius 2 is 2.18 bits per heavy atom. The molecule has 3 heteroatoms. The molecule has 1 aliphatic heterocycles. The lowest BCUT2D eigenvalue weighted by Gasteiger charge is -2.24. The van der Waals surface area contributed by atoms with E-state index in [0.717, 1.165) is 44.1 Å². The van der Waals surface area contributed by atoms with Gasteiger partial charge >= 0.3 is 0 Å². The van der Waals surface area contributed by atoms with Gasteiger partial charge in [-0.1, -0.05) is 6.07 Å². The van der Waals surface area contributed by atoms with Crippen LogP contribution in [0.15, 0.2) is 24.4 Å². The lowest BCUT2D eigenvalue weighted by Crippen LogP contribution is -2.27. The van der Waals surface area contributed by atoms with Gasteiger partial charge in [-0.3, -0.25) is 4.98 Å². The number of nitrogens with zero attached hydrogens (tertiary/aromatic N) is 1. The van der Waals surface area contributed by atoms with Crippen LogP contribution in [-0.2, 0) is 11.2 Å². The number of aryl methyl sites for hydroxylation is 1. The monoisotopic (exact) mass is 234 g/mol. The average Bonchev–Trinajstić information content (AvgIpc) is 2.39. The molecule has 3 nitrogen and oxygen atoms in total. The second-order valence-corrected chi connectivity index (χ2v) is 4.91. The van der Waals surface area contributed by atoms with Crippen LogP contribution in [-0.4, -0.2) is 24.2 Å². The van der Waals surface area contributed by atoms with Crippen molar-refractivity contribution in [3.8, 4) is 0 Å². The summed E-state index contributed by atoms with van der Waals surface area (Å²) in [7, 11) is 0. The SMILES string of the molecule is NC(CCc1ccccn1)CC1CCOCC1. The molecule has 2 rings (SSSR count). The van der Waals surface area contributed by atoms with Crippen molar-refractivity contribution in [3.63, 3.8) is 0 Å². The summed E-state index contributed by atoms with van der Waals surface area (Å²) in [5.74, 6) is 0.766. The van der Waals surface area contributed by atoms with Gasteiger partial charge < -0.3 is 10.5 Å². The predicted molar refractivity (Wildman–Crippen MR) is 68.7 cm³/mol. The third-order valence-electron chi connectivity index (χ3n) is 3.47. The Bertz CT molecular complexity index is 309. The summed E-state index contributed by atoms with van der Waals surface area (Å²) in [6.07, 6.45) is 7.36. The van der Waals surface area contributed by atoms with Crippen molar-refractivity contribution < 1.29 is 4.74 Å². The molecule has 0 spiro atoms. The molecule has 0 saturated carbocycles. The molecule has 94 valence electrons. The Balaban J connectivity index is 1.68. The van der Waals surface area contributed by atoms with Gasteiger partial charge in [-0.2, -0.15) is 0 Å². The first-order chi connectivity index (χ1) is 8.34. The number of hydrogen-bond acceptors (Lipinski definition) is 3.